The molecular formula is C28H31N7O2S. The molecule has 1 aliphatic rings. The SMILES string of the molecule is CC(C)Nc1cc(Nc2ccc3ncsc3c2)ncc1C(=O)NC1CCC(NC(=O)c2cccnc2)CC1. The first-order valence-electron chi connectivity index (χ1n) is 12.8. The van der Waals surface area contributed by atoms with Crippen LogP contribution in [-0.2, 0) is 0 Å². The van der Waals surface area contributed by atoms with Crippen LogP contribution in [0.3, 0.4) is 0 Å². The fourth-order valence-corrected chi connectivity index (χ4v) is 5.34. The number of fused-ring (bicyclic) bond motifs is 1. The van der Waals surface area contributed by atoms with Crippen LogP contribution in [0.15, 0.2) is 60.5 Å². The van der Waals surface area contributed by atoms with E-state index >= 15 is 0 Å². The Hall–Kier alpha value is -4.05. The zero-order valence-electron chi connectivity index (χ0n) is 21.4. The van der Waals surface area contributed by atoms with Gasteiger partial charge in [0.15, 0.2) is 0 Å². The van der Waals surface area contributed by atoms with E-state index in [0.717, 1.165) is 47.3 Å². The molecule has 4 aromatic rings. The molecule has 3 heterocycles. The number of hydrogen-bond acceptors (Lipinski definition) is 8. The number of carbonyl (C=O) groups excluding carboxylic acids is 2. The molecule has 1 aliphatic carbocycles. The summed E-state index contributed by atoms with van der Waals surface area (Å²) in [6, 6.07) is 11.6. The van der Waals surface area contributed by atoms with Gasteiger partial charge in [-0.3, -0.25) is 14.6 Å². The van der Waals surface area contributed by atoms with Gasteiger partial charge in [-0.25, -0.2) is 9.97 Å². The Morgan fingerprint density at radius 3 is 2.42 bits per heavy atom. The van der Waals surface area contributed by atoms with Crippen LogP contribution in [0.4, 0.5) is 17.2 Å². The maximum atomic E-state index is 13.3. The molecule has 0 radical (unpaired) electrons. The second-order valence-electron chi connectivity index (χ2n) is 9.81. The van der Waals surface area contributed by atoms with Crippen LogP contribution in [0.1, 0.15) is 60.2 Å². The van der Waals surface area contributed by atoms with Crippen molar-refractivity contribution in [3.05, 3.63) is 71.6 Å². The maximum absolute atomic E-state index is 13.3. The van der Waals surface area contributed by atoms with Crippen molar-refractivity contribution in [2.24, 2.45) is 0 Å². The summed E-state index contributed by atoms with van der Waals surface area (Å²) in [6.07, 6.45) is 8.04. The number of anilines is 3. The van der Waals surface area contributed by atoms with Crippen LogP contribution in [0.5, 0.6) is 0 Å². The topological polar surface area (TPSA) is 121 Å². The van der Waals surface area contributed by atoms with E-state index in [-0.39, 0.29) is 29.9 Å². The number of benzene rings is 1. The fourth-order valence-electron chi connectivity index (χ4n) is 4.63. The number of amides is 2. The molecule has 0 bridgehead atoms. The van der Waals surface area contributed by atoms with Crippen LogP contribution in [0.2, 0.25) is 0 Å². The summed E-state index contributed by atoms with van der Waals surface area (Å²) in [5.41, 5.74) is 5.50. The second kappa shape index (κ2) is 11.6. The third-order valence-corrected chi connectivity index (χ3v) is 7.31. The number of thiazole rings is 1. The number of aromatic nitrogens is 3. The van der Waals surface area contributed by atoms with Crippen LogP contribution in [-0.4, -0.2) is 44.9 Å². The van der Waals surface area contributed by atoms with Crippen molar-refractivity contribution in [3.63, 3.8) is 0 Å². The molecule has 0 aliphatic heterocycles. The molecule has 10 heteroatoms. The molecule has 1 saturated carbocycles. The highest BCUT2D eigenvalue weighted by atomic mass is 32.1. The molecule has 0 unspecified atom stereocenters. The van der Waals surface area contributed by atoms with Gasteiger partial charge in [0.05, 0.1) is 32.5 Å². The summed E-state index contributed by atoms with van der Waals surface area (Å²) in [6.45, 7) is 4.07. The first-order chi connectivity index (χ1) is 18.4. The van der Waals surface area contributed by atoms with Crippen molar-refractivity contribution in [1.29, 1.82) is 0 Å². The van der Waals surface area contributed by atoms with E-state index < -0.39 is 0 Å². The molecule has 4 N–H and O–H groups in total. The van der Waals surface area contributed by atoms with Gasteiger partial charge in [0.2, 0.25) is 0 Å². The van der Waals surface area contributed by atoms with E-state index in [1.807, 2.05) is 43.6 Å². The predicted molar refractivity (Wildman–Crippen MR) is 151 cm³/mol. The average molecular weight is 530 g/mol. The molecule has 5 rings (SSSR count). The quantitative estimate of drug-likeness (QED) is 0.250. The minimum Gasteiger partial charge on any atom is -0.382 e. The van der Waals surface area contributed by atoms with Gasteiger partial charge in [0.1, 0.15) is 5.82 Å². The molecule has 0 atom stereocenters. The molecule has 0 spiro atoms. The number of carbonyl (C=O) groups is 2. The molecule has 38 heavy (non-hydrogen) atoms. The van der Waals surface area contributed by atoms with E-state index in [9.17, 15) is 9.59 Å². The van der Waals surface area contributed by atoms with E-state index in [2.05, 4.69) is 36.2 Å². The minimum atomic E-state index is -0.152. The molecule has 0 saturated heterocycles. The monoisotopic (exact) mass is 529 g/mol. The summed E-state index contributed by atoms with van der Waals surface area (Å²) in [7, 11) is 0. The lowest BCUT2D eigenvalue weighted by molar-refractivity contribution is 0.0892. The molecule has 9 nitrogen and oxygen atoms in total. The summed E-state index contributed by atoms with van der Waals surface area (Å²) in [5, 5.41) is 13.0. The van der Waals surface area contributed by atoms with Gasteiger partial charge in [-0.05, 0) is 69.9 Å². The van der Waals surface area contributed by atoms with Gasteiger partial charge in [-0.15, -0.1) is 11.3 Å². The van der Waals surface area contributed by atoms with Crippen molar-refractivity contribution in [3.8, 4) is 0 Å². The van der Waals surface area contributed by atoms with Gasteiger partial charge in [-0.2, -0.15) is 0 Å². The lowest BCUT2D eigenvalue weighted by Gasteiger charge is -2.30. The number of nitrogens with one attached hydrogen (secondary N) is 4. The zero-order chi connectivity index (χ0) is 26.5. The van der Waals surface area contributed by atoms with Crippen LogP contribution in [0, 0.1) is 0 Å². The van der Waals surface area contributed by atoms with Crippen LogP contribution in [0.25, 0.3) is 10.2 Å². The second-order valence-corrected chi connectivity index (χ2v) is 10.7. The van der Waals surface area contributed by atoms with Gasteiger partial charge >= 0.3 is 0 Å². The molecule has 1 fully saturated rings. The summed E-state index contributed by atoms with van der Waals surface area (Å²) < 4.78 is 1.10. The minimum absolute atomic E-state index is 0.0462. The van der Waals surface area contributed by atoms with E-state index in [1.165, 1.54) is 0 Å². The third-order valence-electron chi connectivity index (χ3n) is 6.52. The van der Waals surface area contributed by atoms with Crippen molar-refractivity contribution >= 4 is 50.6 Å². The fraction of sp³-hybridized carbons (Fsp3) is 0.321. The van der Waals surface area contributed by atoms with Crippen molar-refractivity contribution in [1.82, 2.24) is 25.6 Å². The first kappa shape index (κ1) is 25.6. The Balaban J connectivity index is 1.20. The number of nitrogens with zero attached hydrogens (tertiary/aromatic N) is 3. The van der Waals surface area contributed by atoms with E-state index in [4.69, 9.17) is 0 Å². The summed E-state index contributed by atoms with van der Waals surface area (Å²) >= 11 is 1.59. The summed E-state index contributed by atoms with van der Waals surface area (Å²) in [4.78, 5) is 38.5. The molecule has 2 amide bonds. The highest BCUT2D eigenvalue weighted by Crippen LogP contribution is 2.27. The van der Waals surface area contributed by atoms with Gasteiger partial charge < -0.3 is 21.3 Å². The molecular weight excluding hydrogens is 498 g/mol. The standard InChI is InChI=1S/C28H31N7O2S/c1-17(2)32-24-13-26(33-21-9-10-23-25(12-21)38-16-31-23)30-15-22(24)28(37)35-20-7-5-19(6-8-20)34-27(36)18-4-3-11-29-14-18/h3-4,9-17,19-20H,5-8H2,1-2H3,(H,34,36)(H,35,37)(H2,30,32,33). The Kier molecular flexibility index (Phi) is 7.78. The van der Waals surface area contributed by atoms with E-state index in [0.29, 0.717) is 16.9 Å². The Labute approximate surface area is 225 Å². The number of rotatable bonds is 8. The largest absolute Gasteiger partial charge is 0.382 e. The Morgan fingerprint density at radius 1 is 0.947 bits per heavy atom. The normalized spacial score (nSPS) is 17.2. The number of hydrogen-bond donors (Lipinski definition) is 4. The highest BCUT2D eigenvalue weighted by molar-refractivity contribution is 7.16. The maximum Gasteiger partial charge on any atom is 0.255 e. The highest BCUT2D eigenvalue weighted by Gasteiger charge is 2.25. The average Bonchev–Trinajstić information content (AvgIpc) is 3.38. The molecule has 196 valence electrons. The van der Waals surface area contributed by atoms with Crippen LogP contribution < -0.4 is 21.3 Å². The van der Waals surface area contributed by atoms with E-state index in [1.54, 1.807) is 42.1 Å². The number of pyridine rings is 2. The van der Waals surface area contributed by atoms with Gasteiger partial charge in [0, 0.05) is 48.5 Å². The molecule has 3 aromatic heterocycles. The smallest absolute Gasteiger partial charge is 0.255 e. The van der Waals surface area contributed by atoms with Crippen molar-refractivity contribution in [2.45, 2.75) is 57.7 Å². The Morgan fingerprint density at radius 2 is 1.71 bits per heavy atom. The van der Waals surface area contributed by atoms with Gasteiger partial charge in [-0.1, -0.05) is 0 Å². The first-order valence-corrected chi connectivity index (χ1v) is 13.7. The third kappa shape index (κ3) is 6.25. The summed E-state index contributed by atoms with van der Waals surface area (Å²) in [5.74, 6) is 0.390. The Bertz CT molecular complexity index is 1420. The van der Waals surface area contributed by atoms with Crippen LogP contribution >= 0.6 is 11.3 Å². The molecule has 1 aromatic carbocycles. The van der Waals surface area contributed by atoms with Crippen molar-refractivity contribution < 1.29 is 9.59 Å². The lowest BCUT2D eigenvalue weighted by Crippen LogP contribution is -2.44. The van der Waals surface area contributed by atoms with Gasteiger partial charge in [0.25, 0.3) is 11.8 Å². The van der Waals surface area contributed by atoms with Crippen molar-refractivity contribution in [2.75, 3.05) is 10.6 Å². The predicted octanol–water partition coefficient (Wildman–Crippen LogP) is 5.12. The zero-order valence-corrected chi connectivity index (χ0v) is 22.2. The lowest BCUT2D eigenvalue weighted by atomic mass is 9.90.